The van der Waals surface area contributed by atoms with E-state index >= 15 is 0 Å². The van der Waals surface area contributed by atoms with Crippen molar-refractivity contribution in [3.8, 4) is 0 Å². The van der Waals surface area contributed by atoms with Crippen LogP contribution in [0.2, 0.25) is 0 Å². The van der Waals surface area contributed by atoms with E-state index in [1.54, 1.807) is 26.2 Å². The molecule has 0 aliphatic heterocycles. The van der Waals surface area contributed by atoms with Gasteiger partial charge in [0.2, 0.25) is 5.91 Å². The van der Waals surface area contributed by atoms with Gasteiger partial charge in [0, 0.05) is 25.4 Å². The van der Waals surface area contributed by atoms with Crippen LogP contribution in [0.25, 0.3) is 0 Å². The summed E-state index contributed by atoms with van der Waals surface area (Å²) >= 11 is 0. The van der Waals surface area contributed by atoms with E-state index in [1.807, 2.05) is 0 Å². The third kappa shape index (κ3) is 3.18. The van der Waals surface area contributed by atoms with Gasteiger partial charge in [0.05, 0.1) is 5.54 Å². The molecule has 0 radical (unpaired) electrons. The molecule has 0 spiro atoms. The standard InChI is InChI=1S/C9H16N4O/c1-9(2,10)8(14)13-4-3-7-11-5-6-12-7/h5-6H,3-4,10H2,1-2H3,(H,11,12)(H,13,14). The number of nitrogens with two attached hydrogens (primary N) is 1. The first-order valence-corrected chi connectivity index (χ1v) is 4.55. The zero-order valence-corrected chi connectivity index (χ0v) is 8.50. The van der Waals surface area contributed by atoms with Crippen LogP contribution in [-0.4, -0.2) is 28.0 Å². The number of aromatic nitrogens is 2. The predicted octanol–water partition coefficient (Wildman–Crippen LogP) is -0.194. The minimum absolute atomic E-state index is 0.149. The normalized spacial score (nSPS) is 11.4. The Balaban J connectivity index is 2.26. The molecule has 5 heteroatoms. The summed E-state index contributed by atoms with van der Waals surface area (Å²) in [5, 5.41) is 2.74. The lowest BCUT2D eigenvalue weighted by molar-refractivity contribution is -0.125. The van der Waals surface area contributed by atoms with Gasteiger partial charge >= 0.3 is 0 Å². The van der Waals surface area contributed by atoms with Crippen molar-refractivity contribution in [1.82, 2.24) is 15.3 Å². The smallest absolute Gasteiger partial charge is 0.239 e. The van der Waals surface area contributed by atoms with E-state index in [4.69, 9.17) is 5.73 Å². The number of carbonyl (C=O) groups excluding carboxylic acids is 1. The fourth-order valence-corrected chi connectivity index (χ4v) is 0.957. The van der Waals surface area contributed by atoms with E-state index in [9.17, 15) is 4.79 Å². The Morgan fingerprint density at radius 3 is 2.93 bits per heavy atom. The van der Waals surface area contributed by atoms with Gasteiger partial charge in [-0.2, -0.15) is 0 Å². The molecule has 0 unspecified atom stereocenters. The minimum Gasteiger partial charge on any atom is -0.354 e. The van der Waals surface area contributed by atoms with Gasteiger partial charge in [-0.3, -0.25) is 4.79 Å². The molecule has 78 valence electrons. The molecular weight excluding hydrogens is 180 g/mol. The minimum atomic E-state index is -0.816. The van der Waals surface area contributed by atoms with Crippen LogP contribution in [0, 0.1) is 0 Å². The quantitative estimate of drug-likeness (QED) is 0.624. The van der Waals surface area contributed by atoms with Gasteiger partial charge in [0.1, 0.15) is 5.82 Å². The molecule has 1 rings (SSSR count). The van der Waals surface area contributed by atoms with E-state index in [0.29, 0.717) is 13.0 Å². The van der Waals surface area contributed by atoms with Gasteiger partial charge < -0.3 is 16.0 Å². The number of carbonyl (C=O) groups is 1. The molecule has 5 nitrogen and oxygen atoms in total. The summed E-state index contributed by atoms with van der Waals surface area (Å²) in [7, 11) is 0. The van der Waals surface area contributed by atoms with Gasteiger partial charge in [-0.25, -0.2) is 4.98 Å². The number of H-pyrrole nitrogens is 1. The SMILES string of the molecule is CC(C)(N)C(=O)NCCc1ncc[nH]1. The number of aromatic amines is 1. The Hall–Kier alpha value is -1.36. The second-order valence-electron chi connectivity index (χ2n) is 3.76. The molecule has 0 fully saturated rings. The summed E-state index contributed by atoms with van der Waals surface area (Å²) in [5.41, 5.74) is 4.79. The molecule has 1 amide bonds. The van der Waals surface area contributed by atoms with Gasteiger partial charge in [0.25, 0.3) is 0 Å². The summed E-state index contributed by atoms with van der Waals surface area (Å²) < 4.78 is 0. The topological polar surface area (TPSA) is 83.8 Å². The zero-order chi connectivity index (χ0) is 10.6. The van der Waals surface area contributed by atoms with Crippen molar-refractivity contribution in [3.05, 3.63) is 18.2 Å². The van der Waals surface area contributed by atoms with Crippen LogP contribution in [0.5, 0.6) is 0 Å². The van der Waals surface area contributed by atoms with Gasteiger partial charge in [-0.05, 0) is 13.8 Å². The van der Waals surface area contributed by atoms with Crippen LogP contribution in [0.3, 0.4) is 0 Å². The van der Waals surface area contributed by atoms with Crippen LogP contribution >= 0.6 is 0 Å². The van der Waals surface area contributed by atoms with E-state index in [0.717, 1.165) is 5.82 Å². The number of hydrogen-bond donors (Lipinski definition) is 3. The molecule has 0 atom stereocenters. The Morgan fingerprint density at radius 2 is 2.43 bits per heavy atom. The van der Waals surface area contributed by atoms with Crippen molar-refractivity contribution >= 4 is 5.91 Å². The second kappa shape index (κ2) is 4.23. The van der Waals surface area contributed by atoms with Gasteiger partial charge in [0.15, 0.2) is 0 Å². The molecule has 4 N–H and O–H groups in total. The molecule has 0 aromatic carbocycles. The second-order valence-corrected chi connectivity index (χ2v) is 3.76. The predicted molar refractivity (Wildman–Crippen MR) is 53.6 cm³/mol. The van der Waals surface area contributed by atoms with Crippen LogP contribution in [0.15, 0.2) is 12.4 Å². The Bertz CT molecular complexity index is 286. The summed E-state index contributed by atoms with van der Waals surface area (Å²) in [5.74, 6) is 0.712. The number of nitrogens with zero attached hydrogens (tertiary/aromatic N) is 1. The summed E-state index contributed by atoms with van der Waals surface area (Å²) in [6, 6.07) is 0. The van der Waals surface area contributed by atoms with Crippen LogP contribution in [-0.2, 0) is 11.2 Å². The van der Waals surface area contributed by atoms with Gasteiger partial charge in [-0.15, -0.1) is 0 Å². The highest BCUT2D eigenvalue weighted by atomic mass is 16.2. The van der Waals surface area contributed by atoms with Crippen LogP contribution in [0.1, 0.15) is 19.7 Å². The number of amides is 1. The van der Waals surface area contributed by atoms with Crippen LogP contribution < -0.4 is 11.1 Å². The number of rotatable bonds is 4. The molecular formula is C9H16N4O. The molecule has 0 saturated carbocycles. The van der Waals surface area contributed by atoms with E-state index < -0.39 is 5.54 Å². The van der Waals surface area contributed by atoms with Crippen molar-refractivity contribution in [3.63, 3.8) is 0 Å². The number of hydrogen-bond acceptors (Lipinski definition) is 3. The first-order valence-electron chi connectivity index (χ1n) is 4.55. The third-order valence-corrected chi connectivity index (χ3v) is 1.79. The lowest BCUT2D eigenvalue weighted by Gasteiger charge is -2.17. The first-order chi connectivity index (χ1) is 6.50. The summed E-state index contributed by atoms with van der Waals surface area (Å²) in [6.07, 6.45) is 4.13. The van der Waals surface area contributed by atoms with Gasteiger partial charge in [-0.1, -0.05) is 0 Å². The molecule has 1 aromatic rings. The highest BCUT2D eigenvalue weighted by Gasteiger charge is 2.20. The Morgan fingerprint density at radius 1 is 1.71 bits per heavy atom. The highest BCUT2D eigenvalue weighted by Crippen LogP contribution is 1.95. The lowest BCUT2D eigenvalue weighted by atomic mass is 10.1. The summed E-state index contributed by atoms with van der Waals surface area (Å²) in [4.78, 5) is 18.3. The molecule has 14 heavy (non-hydrogen) atoms. The number of nitrogens with one attached hydrogen (secondary N) is 2. The van der Waals surface area contributed by atoms with Crippen LogP contribution in [0.4, 0.5) is 0 Å². The Labute approximate surface area is 83.1 Å². The Kier molecular flexibility index (Phi) is 3.24. The third-order valence-electron chi connectivity index (χ3n) is 1.79. The lowest BCUT2D eigenvalue weighted by Crippen LogP contribution is -2.49. The van der Waals surface area contributed by atoms with E-state index in [2.05, 4.69) is 15.3 Å². The van der Waals surface area contributed by atoms with Crippen molar-refractivity contribution < 1.29 is 4.79 Å². The maximum Gasteiger partial charge on any atom is 0.239 e. The van der Waals surface area contributed by atoms with Crippen molar-refractivity contribution in [2.75, 3.05) is 6.54 Å². The number of imidazole rings is 1. The van der Waals surface area contributed by atoms with E-state index in [1.165, 1.54) is 0 Å². The molecule has 1 aromatic heterocycles. The molecule has 1 heterocycles. The zero-order valence-electron chi connectivity index (χ0n) is 8.50. The maximum atomic E-state index is 11.3. The molecule has 0 aliphatic carbocycles. The fourth-order valence-electron chi connectivity index (χ4n) is 0.957. The summed E-state index contributed by atoms with van der Waals surface area (Å²) in [6.45, 7) is 3.90. The molecule has 0 bridgehead atoms. The van der Waals surface area contributed by atoms with Crippen molar-refractivity contribution in [2.24, 2.45) is 5.73 Å². The van der Waals surface area contributed by atoms with Crippen molar-refractivity contribution in [2.45, 2.75) is 25.8 Å². The monoisotopic (exact) mass is 196 g/mol. The molecule has 0 aliphatic rings. The van der Waals surface area contributed by atoms with Crippen molar-refractivity contribution in [1.29, 1.82) is 0 Å². The average molecular weight is 196 g/mol. The fraction of sp³-hybridized carbons (Fsp3) is 0.556. The maximum absolute atomic E-state index is 11.3. The molecule has 0 saturated heterocycles. The largest absolute Gasteiger partial charge is 0.354 e. The highest BCUT2D eigenvalue weighted by molar-refractivity contribution is 5.84. The van der Waals surface area contributed by atoms with E-state index in [-0.39, 0.29) is 5.91 Å². The first kappa shape index (κ1) is 10.7. The average Bonchev–Trinajstić information content (AvgIpc) is 2.55.